The number of nitrogens with zero attached hydrogens (tertiary/aromatic N) is 2. The fourth-order valence-corrected chi connectivity index (χ4v) is 0.748. The fourth-order valence-electron chi connectivity index (χ4n) is 0.748. The van der Waals surface area contributed by atoms with E-state index in [0.29, 0.717) is 11.6 Å². The minimum Gasteiger partial charge on any atom is -0.196 e. The van der Waals surface area contributed by atoms with Gasteiger partial charge in [-0.3, -0.25) is 0 Å². The van der Waals surface area contributed by atoms with E-state index in [9.17, 15) is 0 Å². The molecule has 0 atom stereocenters. The van der Waals surface area contributed by atoms with Crippen molar-refractivity contribution in [2.75, 3.05) is 0 Å². The first-order chi connectivity index (χ1) is 4.75. The summed E-state index contributed by atoms with van der Waals surface area (Å²) in [4.78, 5) is 0. The molecule has 3 heteroatoms. The molecule has 0 spiro atoms. The van der Waals surface area contributed by atoms with Crippen LogP contribution in [0.2, 0.25) is 0 Å². The summed E-state index contributed by atoms with van der Waals surface area (Å²) < 4.78 is 0. The highest BCUT2D eigenvalue weighted by molar-refractivity contribution is 5.29. The summed E-state index contributed by atoms with van der Waals surface area (Å²) in [7, 11) is 0. The summed E-state index contributed by atoms with van der Waals surface area (Å²) in [5.41, 5.74) is 1.48. The van der Waals surface area contributed by atoms with E-state index in [0.717, 1.165) is 5.69 Å². The minimum absolute atomic E-state index is 0.338. The normalized spacial score (nSPS) is 9.80. The standard InChI is InChI=1S/C7H9N3/c1-4-6-7(5(2)3)9-10-8-6/h1,5H,2-3H3,(H,8,9,10). The van der Waals surface area contributed by atoms with Gasteiger partial charge in [0.25, 0.3) is 0 Å². The average Bonchev–Trinajstić information content (AvgIpc) is 2.33. The van der Waals surface area contributed by atoms with Crippen LogP contribution >= 0.6 is 0 Å². The van der Waals surface area contributed by atoms with Crippen molar-refractivity contribution in [3.8, 4) is 12.3 Å². The quantitative estimate of drug-likeness (QED) is 0.581. The summed E-state index contributed by atoms with van der Waals surface area (Å²) >= 11 is 0. The van der Waals surface area contributed by atoms with E-state index in [1.807, 2.05) is 13.8 Å². The average molecular weight is 135 g/mol. The maximum absolute atomic E-state index is 5.16. The molecule has 1 rings (SSSR count). The Balaban J connectivity index is 3.05. The Labute approximate surface area is 59.8 Å². The fraction of sp³-hybridized carbons (Fsp3) is 0.429. The van der Waals surface area contributed by atoms with Crippen LogP contribution in [0.1, 0.15) is 31.2 Å². The van der Waals surface area contributed by atoms with Crippen LogP contribution in [0, 0.1) is 12.3 Å². The Kier molecular flexibility index (Phi) is 1.72. The van der Waals surface area contributed by atoms with E-state index in [4.69, 9.17) is 6.42 Å². The Morgan fingerprint density at radius 3 is 2.60 bits per heavy atom. The second kappa shape index (κ2) is 2.53. The Hall–Kier alpha value is -1.30. The van der Waals surface area contributed by atoms with Crippen LogP contribution in [0.3, 0.4) is 0 Å². The maximum Gasteiger partial charge on any atom is 0.158 e. The van der Waals surface area contributed by atoms with Gasteiger partial charge in [0.2, 0.25) is 0 Å². The van der Waals surface area contributed by atoms with Crippen LogP contribution in [0.15, 0.2) is 0 Å². The van der Waals surface area contributed by atoms with Crippen molar-refractivity contribution in [3.63, 3.8) is 0 Å². The third-order valence-electron chi connectivity index (χ3n) is 1.26. The third kappa shape index (κ3) is 1.01. The number of nitrogens with one attached hydrogen (secondary N) is 1. The van der Waals surface area contributed by atoms with Crippen molar-refractivity contribution in [1.29, 1.82) is 0 Å². The molecule has 0 saturated heterocycles. The molecule has 0 amide bonds. The lowest BCUT2D eigenvalue weighted by Gasteiger charge is -1.96. The number of hydrogen-bond acceptors (Lipinski definition) is 2. The molecule has 0 saturated carbocycles. The van der Waals surface area contributed by atoms with E-state index >= 15 is 0 Å². The zero-order chi connectivity index (χ0) is 7.56. The predicted molar refractivity (Wildman–Crippen MR) is 38.4 cm³/mol. The summed E-state index contributed by atoms with van der Waals surface area (Å²) in [6, 6.07) is 0. The van der Waals surface area contributed by atoms with Crippen LogP contribution < -0.4 is 0 Å². The van der Waals surface area contributed by atoms with Gasteiger partial charge in [-0.15, -0.1) is 11.5 Å². The lowest BCUT2D eigenvalue weighted by Crippen LogP contribution is -1.90. The highest BCUT2D eigenvalue weighted by Gasteiger charge is 2.07. The van der Waals surface area contributed by atoms with E-state index < -0.39 is 0 Å². The number of H-pyrrole nitrogens is 1. The molecule has 1 aromatic heterocycles. The molecule has 0 aromatic carbocycles. The van der Waals surface area contributed by atoms with Gasteiger partial charge in [0.1, 0.15) is 5.69 Å². The number of aromatic nitrogens is 3. The molecule has 0 bridgehead atoms. The number of aromatic amines is 1. The number of terminal acetylenes is 1. The Bertz CT molecular complexity index is 254. The molecule has 3 nitrogen and oxygen atoms in total. The highest BCUT2D eigenvalue weighted by atomic mass is 15.3. The second-order valence-corrected chi connectivity index (χ2v) is 2.36. The van der Waals surface area contributed by atoms with Crippen molar-refractivity contribution in [3.05, 3.63) is 11.4 Å². The van der Waals surface area contributed by atoms with Crippen LogP contribution in [0.5, 0.6) is 0 Å². The van der Waals surface area contributed by atoms with Crippen LogP contribution in [-0.4, -0.2) is 15.4 Å². The molecule has 1 aromatic rings. The zero-order valence-corrected chi connectivity index (χ0v) is 6.05. The van der Waals surface area contributed by atoms with Crippen molar-refractivity contribution in [2.45, 2.75) is 19.8 Å². The number of hydrogen-bond donors (Lipinski definition) is 1. The van der Waals surface area contributed by atoms with Gasteiger partial charge in [-0.05, 0) is 5.92 Å². The topological polar surface area (TPSA) is 41.6 Å². The highest BCUT2D eigenvalue weighted by Crippen LogP contribution is 2.12. The molecule has 0 aliphatic rings. The van der Waals surface area contributed by atoms with Gasteiger partial charge < -0.3 is 0 Å². The lowest BCUT2D eigenvalue weighted by atomic mass is 10.1. The zero-order valence-electron chi connectivity index (χ0n) is 6.05. The van der Waals surface area contributed by atoms with Gasteiger partial charge in [0.05, 0.1) is 0 Å². The van der Waals surface area contributed by atoms with Crippen molar-refractivity contribution < 1.29 is 0 Å². The van der Waals surface area contributed by atoms with Crippen molar-refractivity contribution >= 4 is 0 Å². The third-order valence-corrected chi connectivity index (χ3v) is 1.26. The Morgan fingerprint density at radius 2 is 2.20 bits per heavy atom. The molecule has 0 unspecified atom stereocenters. The lowest BCUT2D eigenvalue weighted by molar-refractivity contribution is 0.803. The summed E-state index contributed by atoms with van der Waals surface area (Å²) in [6.07, 6.45) is 5.16. The van der Waals surface area contributed by atoms with E-state index in [1.165, 1.54) is 0 Å². The summed E-state index contributed by atoms with van der Waals surface area (Å²) in [5, 5.41) is 10.2. The molecular weight excluding hydrogens is 126 g/mol. The molecule has 0 fully saturated rings. The molecule has 0 aliphatic carbocycles. The minimum atomic E-state index is 0.338. The molecule has 0 aliphatic heterocycles. The van der Waals surface area contributed by atoms with Gasteiger partial charge in [-0.2, -0.15) is 10.3 Å². The van der Waals surface area contributed by atoms with Gasteiger partial charge in [0.15, 0.2) is 5.69 Å². The summed E-state index contributed by atoms with van der Waals surface area (Å²) in [5.74, 6) is 2.79. The largest absolute Gasteiger partial charge is 0.196 e. The van der Waals surface area contributed by atoms with Gasteiger partial charge in [-0.1, -0.05) is 13.8 Å². The molecular formula is C7H9N3. The van der Waals surface area contributed by atoms with Gasteiger partial charge >= 0.3 is 0 Å². The van der Waals surface area contributed by atoms with Crippen molar-refractivity contribution in [2.24, 2.45) is 0 Å². The maximum atomic E-state index is 5.16. The Morgan fingerprint density at radius 1 is 1.50 bits per heavy atom. The molecule has 52 valence electrons. The first kappa shape index (κ1) is 6.81. The SMILES string of the molecule is C#Cc1n[nH]nc1C(C)C. The van der Waals surface area contributed by atoms with Crippen LogP contribution in [0.4, 0.5) is 0 Å². The smallest absolute Gasteiger partial charge is 0.158 e. The van der Waals surface area contributed by atoms with Gasteiger partial charge in [-0.25, -0.2) is 0 Å². The second-order valence-electron chi connectivity index (χ2n) is 2.36. The van der Waals surface area contributed by atoms with E-state index in [-0.39, 0.29) is 0 Å². The molecule has 1 heterocycles. The van der Waals surface area contributed by atoms with Crippen molar-refractivity contribution in [1.82, 2.24) is 15.4 Å². The monoisotopic (exact) mass is 135 g/mol. The molecule has 1 N–H and O–H groups in total. The van der Waals surface area contributed by atoms with E-state index in [2.05, 4.69) is 21.3 Å². The van der Waals surface area contributed by atoms with E-state index in [1.54, 1.807) is 0 Å². The predicted octanol–water partition coefficient (Wildman–Crippen LogP) is 0.909. The van der Waals surface area contributed by atoms with Crippen LogP contribution in [-0.2, 0) is 0 Å². The first-order valence-electron chi connectivity index (χ1n) is 3.13. The van der Waals surface area contributed by atoms with Gasteiger partial charge in [0, 0.05) is 5.92 Å². The number of rotatable bonds is 1. The van der Waals surface area contributed by atoms with Crippen LogP contribution in [0.25, 0.3) is 0 Å². The summed E-state index contributed by atoms with van der Waals surface area (Å²) in [6.45, 7) is 4.05. The molecule has 10 heavy (non-hydrogen) atoms. The first-order valence-corrected chi connectivity index (χ1v) is 3.13. The molecule has 0 radical (unpaired) electrons.